The Bertz CT molecular complexity index is 686. The van der Waals surface area contributed by atoms with Gasteiger partial charge in [0.25, 0.3) is 0 Å². The summed E-state index contributed by atoms with van der Waals surface area (Å²) >= 11 is 0. The summed E-state index contributed by atoms with van der Waals surface area (Å²) in [6.07, 6.45) is 0. The van der Waals surface area contributed by atoms with Gasteiger partial charge in [-0.2, -0.15) is 4.31 Å². The smallest absolute Gasteiger partial charge is 0.399 e. The molecule has 1 aliphatic heterocycles. The topological polar surface area (TPSA) is 59.1 Å². The van der Waals surface area contributed by atoms with Gasteiger partial charge in [0.1, 0.15) is 0 Å². The maximum absolute atomic E-state index is 12.6. The summed E-state index contributed by atoms with van der Waals surface area (Å²) in [5.74, 6) is 0. The van der Waals surface area contributed by atoms with Crippen LogP contribution in [-0.2, 0) is 19.3 Å². The zero-order valence-corrected chi connectivity index (χ0v) is 17.1. The summed E-state index contributed by atoms with van der Waals surface area (Å²) in [7, 11) is 1.44. The minimum Gasteiger partial charge on any atom is -0.399 e. The van der Waals surface area contributed by atoms with Crippen molar-refractivity contribution in [3.05, 3.63) is 24.3 Å². The Kier molecular flexibility index (Phi) is 5.71. The van der Waals surface area contributed by atoms with Crippen molar-refractivity contribution in [3.63, 3.8) is 0 Å². The van der Waals surface area contributed by atoms with E-state index >= 15 is 0 Å². The first-order valence-corrected chi connectivity index (χ1v) is 9.87. The average molecular weight is 368 g/mol. The van der Waals surface area contributed by atoms with Crippen molar-refractivity contribution in [3.8, 4) is 0 Å². The van der Waals surface area contributed by atoms with Crippen LogP contribution in [-0.4, -0.2) is 70.2 Å². The van der Waals surface area contributed by atoms with Gasteiger partial charge in [-0.05, 0) is 59.4 Å². The van der Waals surface area contributed by atoms with Crippen LogP contribution in [0.1, 0.15) is 27.7 Å². The molecule has 140 valence electrons. The Hall–Kier alpha value is -0.925. The molecule has 0 atom stereocenters. The quantitative estimate of drug-likeness (QED) is 0.706. The van der Waals surface area contributed by atoms with Crippen molar-refractivity contribution < 1.29 is 17.7 Å². The van der Waals surface area contributed by atoms with Crippen LogP contribution in [0, 0.1) is 0 Å². The van der Waals surface area contributed by atoms with Crippen molar-refractivity contribution in [2.45, 2.75) is 43.8 Å². The van der Waals surface area contributed by atoms with Crippen molar-refractivity contribution in [2.24, 2.45) is 0 Å². The molecule has 0 saturated carbocycles. The minimum atomic E-state index is -3.50. The SMILES string of the molecule is CN(C)CCN(C)S(=O)(=O)c1ccc(B2OC(C)(C)C(C)(C)O2)cc1. The lowest BCUT2D eigenvalue weighted by atomic mass is 9.79. The summed E-state index contributed by atoms with van der Waals surface area (Å²) in [6, 6.07) is 6.74. The van der Waals surface area contributed by atoms with E-state index in [9.17, 15) is 8.42 Å². The normalized spacial score (nSPS) is 19.8. The molecule has 8 heteroatoms. The zero-order valence-electron chi connectivity index (χ0n) is 16.2. The van der Waals surface area contributed by atoms with Gasteiger partial charge in [-0.25, -0.2) is 8.42 Å². The van der Waals surface area contributed by atoms with E-state index in [0.29, 0.717) is 13.1 Å². The van der Waals surface area contributed by atoms with Crippen LogP contribution in [0.25, 0.3) is 0 Å². The lowest BCUT2D eigenvalue weighted by Crippen LogP contribution is -2.41. The van der Waals surface area contributed by atoms with Crippen LogP contribution in [0.3, 0.4) is 0 Å². The molecule has 1 aliphatic rings. The molecule has 0 unspecified atom stereocenters. The molecule has 0 radical (unpaired) electrons. The molecule has 1 fully saturated rings. The third-order valence-corrected chi connectivity index (χ3v) is 6.85. The standard InChI is InChI=1S/C17H29BN2O4S/c1-16(2)17(3,4)24-18(23-16)14-8-10-15(11-9-14)25(21,22)20(7)13-12-19(5)6/h8-11H,12-13H2,1-7H3. The second kappa shape index (κ2) is 7.00. The first-order chi connectivity index (χ1) is 11.4. The van der Waals surface area contributed by atoms with E-state index in [1.54, 1.807) is 31.3 Å². The number of rotatable bonds is 6. The number of sulfonamides is 1. The van der Waals surface area contributed by atoms with Crippen molar-refractivity contribution in [1.82, 2.24) is 9.21 Å². The fourth-order valence-electron chi connectivity index (χ4n) is 2.42. The average Bonchev–Trinajstić information content (AvgIpc) is 2.73. The summed E-state index contributed by atoms with van der Waals surface area (Å²) in [6.45, 7) is 9.07. The molecule has 0 aromatic heterocycles. The largest absolute Gasteiger partial charge is 0.494 e. The van der Waals surface area contributed by atoms with Gasteiger partial charge in [0, 0.05) is 20.1 Å². The molecule has 0 aliphatic carbocycles. The molecule has 0 bridgehead atoms. The number of hydrogen-bond acceptors (Lipinski definition) is 5. The van der Waals surface area contributed by atoms with Crippen molar-refractivity contribution >= 4 is 22.6 Å². The maximum atomic E-state index is 12.6. The highest BCUT2D eigenvalue weighted by molar-refractivity contribution is 7.89. The first-order valence-electron chi connectivity index (χ1n) is 8.43. The highest BCUT2D eigenvalue weighted by Gasteiger charge is 2.51. The molecule has 0 N–H and O–H groups in total. The van der Waals surface area contributed by atoms with Gasteiger partial charge in [-0.1, -0.05) is 12.1 Å². The molecule has 1 aromatic rings. The van der Waals surface area contributed by atoms with E-state index in [-0.39, 0.29) is 4.90 Å². The fourth-order valence-corrected chi connectivity index (χ4v) is 3.58. The zero-order chi connectivity index (χ0) is 19.0. The molecular weight excluding hydrogens is 339 g/mol. The molecule has 1 aromatic carbocycles. The van der Waals surface area contributed by atoms with Crippen molar-refractivity contribution in [2.75, 3.05) is 34.2 Å². The van der Waals surface area contributed by atoms with Gasteiger partial charge in [-0.15, -0.1) is 0 Å². The van der Waals surface area contributed by atoms with Gasteiger partial charge < -0.3 is 14.2 Å². The molecule has 0 spiro atoms. The molecule has 1 heterocycles. The van der Waals surface area contributed by atoms with Crippen LogP contribution in [0.4, 0.5) is 0 Å². The van der Waals surface area contributed by atoms with Gasteiger partial charge in [-0.3, -0.25) is 0 Å². The highest BCUT2D eigenvalue weighted by Crippen LogP contribution is 2.36. The predicted octanol–water partition coefficient (Wildman–Crippen LogP) is 1.17. The highest BCUT2D eigenvalue weighted by atomic mass is 32.2. The Morgan fingerprint density at radius 2 is 1.40 bits per heavy atom. The molecular formula is C17H29BN2O4S. The molecule has 2 rings (SSSR count). The van der Waals surface area contributed by atoms with E-state index in [4.69, 9.17) is 9.31 Å². The fraction of sp³-hybridized carbons (Fsp3) is 0.647. The Morgan fingerprint density at radius 3 is 1.84 bits per heavy atom. The summed E-state index contributed by atoms with van der Waals surface area (Å²) in [4.78, 5) is 2.22. The van der Waals surface area contributed by atoms with Gasteiger partial charge in [0.2, 0.25) is 10.0 Å². The van der Waals surface area contributed by atoms with E-state index in [1.807, 2.05) is 46.7 Å². The second-order valence-corrected chi connectivity index (χ2v) is 9.83. The van der Waals surface area contributed by atoms with E-state index in [2.05, 4.69) is 0 Å². The van der Waals surface area contributed by atoms with Crippen LogP contribution < -0.4 is 5.46 Å². The Balaban J connectivity index is 2.15. The lowest BCUT2D eigenvalue weighted by Gasteiger charge is -2.32. The molecule has 6 nitrogen and oxygen atoms in total. The third kappa shape index (κ3) is 4.26. The maximum Gasteiger partial charge on any atom is 0.494 e. The minimum absolute atomic E-state index is 0.272. The van der Waals surface area contributed by atoms with E-state index in [0.717, 1.165) is 5.46 Å². The molecule has 1 saturated heterocycles. The number of likely N-dealkylation sites (N-methyl/N-ethyl adjacent to an activating group) is 2. The predicted molar refractivity (Wildman–Crippen MR) is 101 cm³/mol. The van der Waals surface area contributed by atoms with Gasteiger partial charge >= 0.3 is 7.12 Å². The number of benzene rings is 1. The summed E-state index contributed by atoms with van der Waals surface area (Å²) < 4.78 is 38.6. The van der Waals surface area contributed by atoms with Crippen LogP contribution in [0.15, 0.2) is 29.2 Å². The third-order valence-electron chi connectivity index (χ3n) is 4.98. The van der Waals surface area contributed by atoms with E-state index < -0.39 is 28.3 Å². The molecule has 25 heavy (non-hydrogen) atoms. The first kappa shape index (κ1) is 20.4. The van der Waals surface area contributed by atoms with Crippen LogP contribution >= 0.6 is 0 Å². The molecule has 0 amide bonds. The van der Waals surface area contributed by atoms with E-state index in [1.165, 1.54) is 4.31 Å². The van der Waals surface area contributed by atoms with Crippen LogP contribution in [0.2, 0.25) is 0 Å². The number of nitrogens with zero attached hydrogens (tertiary/aromatic N) is 2. The monoisotopic (exact) mass is 368 g/mol. The second-order valence-electron chi connectivity index (χ2n) is 7.79. The van der Waals surface area contributed by atoms with Gasteiger partial charge in [0.15, 0.2) is 0 Å². The number of hydrogen-bond donors (Lipinski definition) is 0. The summed E-state index contributed by atoms with van der Waals surface area (Å²) in [5, 5.41) is 0. The van der Waals surface area contributed by atoms with Gasteiger partial charge in [0.05, 0.1) is 16.1 Å². The Labute approximate surface area is 152 Å². The lowest BCUT2D eigenvalue weighted by molar-refractivity contribution is 0.00578. The van der Waals surface area contributed by atoms with Crippen molar-refractivity contribution in [1.29, 1.82) is 0 Å². The Morgan fingerprint density at radius 1 is 0.920 bits per heavy atom. The summed E-state index contributed by atoms with van der Waals surface area (Å²) in [5.41, 5.74) is -0.0302. The van der Waals surface area contributed by atoms with Crippen LogP contribution in [0.5, 0.6) is 0 Å².